The molecule has 24 heavy (non-hydrogen) atoms. The molecule has 3 atom stereocenters. The van der Waals surface area contributed by atoms with Crippen LogP contribution in [0.1, 0.15) is 39.7 Å². The van der Waals surface area contributed by atoms with Gasteiger partial charge in [-0.15, -0.1) is 4.72 Å². The summed E-state index contributed by atoms with van der Waals surface area (Å²) in [5.41, 5.74) is -1.95. The molecule has 138 valence electrons. The van der Waals surface area contributed by atoms with E-state index in [1.54, 1.807) is 20.8 Å². The lowest BCUT2D eigenvalue weighted by molar-refractivity contribution is -0.209. The van der Waals surface area contributed by atoms with Crippen LogP contribution in [0.3, 0.4) is 0 Å². The number of alkyl halides is 3. The topological polar surface area (TPSA) is 55.3 Å². The van der Waals surface area contributed by atoms with Gasteiger partial charge in [0.05, 0.1) is 10.6 Å². The van der Waals surface area contributed by atoms with Crippen molar-refractivity contribution in [2.24, 2.45) is 0 Å². The number of halogens is 5. The Morgan fingerprint density at radius 1 is 1.25 bits per heavy atom. The zero-order valence-corrected chi connectivity index (χ0v) is 15.2. The molecule has 1 aromatic carbocycles. The van der Waals surface area contributed by atoms with Gasteiger partial charge in [-0.2, -0.15) is 13.2 Å². The highest BCUT2D eigenvalue weighted by molar-refractivity contribution is 7.90. The summed E-state index contributed by atoms with van der Waals surface area (Å²) in [6, 6.07) is 3.87. The molecule has 1 unspecified atom stereocenters. The number of aliphatic hydroxyl groups is 1. The second-order valence-electron chi connectivity index (χ2n) is 6.68. The first-order valence-corrected chi connectivity index (χ1v) is 8.60. The van der Waals surface area contributed by atoms with E-state index in [0.29, 0.717) is 0 Å². The van der Waals surface area contributed by atoms with Crippen molar-refractivity contribution >= 4 is 23.0 Å². The molecule has 0 radical (unpaired) electrons. The van der Waals surface area contributed by atoms with Gasteiger partial charge in [0.25, 0.3) is 0 Å². The van der Waals surface area contributed by atoms with Gasteiger partial charge in [0.15, 0.2) is 6.10 Å². The minimum atomic E-state index is -4.89. The van der Waals surface area contributed by atoms with Gasteiger partial charge in [0.1, 0.15) is 10.6 Å². The fourth-order valence-corrected chi connectivity index (χ4v) is 3.08. The summed E-state index contributed by atoms with van der Waals surface area (Å²) in [4.78, 5) is 0. The molecule has 0 spiro atoms. The average Bonchev–Trinajstić information content (AvgIpc) is 2.39. The molecule has 0 saturated heterocycles. The molecule has 0 aliphatic rings. The highest BCUT2D eigenvalue weighted by Crippen LogP contribution is 2.36. The van der Waals surface area contributed by atoms with Gasteiger partial charge >= 0.3 is 6.18 Å². The smallest absolute Gasteiger partial charge is 0.414 e. The van der Waals surface area contributed by atoms with Crippen LogP contribution in [-0.2, 0) is 16.9 Å². The van der Waals surface area contributed by atoms with Gasteiger partial charge in [0, 0.05) is 23.3 Å². The van der Waals surface area contributed by atoms with Crippen LogP contribution in [0, 0.1) is 5.82 Å². The normalized spacial score (nSPS) is 18.1. The van der Waals surface area contributed by atoms with Gasteiger partial charge in [-0.05, 0) is 33.8 Å². The highest BCUT2D eigenvalue weighted by Gasteiger charge is 2.47. The lowest BCUT2D eigenvalue weighted by Crippen LogP contribution is -2.52. The third-order valence-corrected chi connectivity index (χ3v) is 5.44. The molecule has 0 fully saturated rings. The zero-order chi connectivity index (χ0) is 18.9. The van der Waals surface area contributed by atoms with Crippen molar-refractivity contribution in [1.29, 1.82) is 0 Å². The van der Waals surface area contributed by atoms with Crippen LogP contribution >= 0.6 is 11.6 Å². The summed E-state index contributed by atoms with van der Waals surface area (Å²) in [6.45, 7) is 6.10. The van der Waals surface area contributed by atoms with Crippen LogP contribution in [-0.4, -0.2) is 26.7 Å². The third-order valence-electron chi connectivity index (χ3n) is 3.40. The third kappa shape index (κ3) is 5.23. The molecule has 1 rings (SSSR count). The van der Waals surface area contributed by atoms with E-state index < -0.39 is 46.2 Å². The highest BCUT2D eigenvalue weighted by atomic mass is 35.5. The molecular formula is C15H20ClF4NO2S. The van der Waals surface area contributed by atoms with Crippen LogP contribution in [0.4, 0.5) is 17.6 Å². The Labute approximate surface area is 146 Å². The van der Waals surface area contributed by atoms with E-state index in [2.05, 4.69) is 4.72 Å². The lowest BCUT2D eigenvalue weighted by atomic mass is 9.87. The standard InChI is InChI=1S/C15H20ClF4NO2S/c1-13(2,3)24(23)21-14(4,8-11(22)15(18,19)20)9-6-5-7-10(16)12(9)17/h5-7,11,21-22H,8H2,1-4H3/t11-,14-,24?/m0/s1. The van der Waals surface area contributed by atoms with Crippen LogP contribution < -0.4 is 4.72 Å². The van der Waals surface area contributed by atoms with Crippen LogP contribution in [0.2, 0.25) is 5.02 Å². The molecule has 0 amide bonds. The fourth-order valence-electron chi connectivity index (χ4n) is 2.00. The number of hydrogen-bond acceptors (Lipinski definition) is 3. The SMILES string of the molecule is CC(C)(C)[S+]([O-])N[C@@](C)(C[C@H](O)C(F)(F)F)c1cccc(Cl)c1F. The second kappa shape index (κ2) is 7.37. The van der Waals surface area contributed by atoms with E-state index in [4.69, 9.17) is 11.6 Å². The Morgan fingerprint density at radius 3 is 2.25 bits per heavy atom. The molecule has 2 N–H and O–H groups in total. The van der Waals surface area contributed by atoms with Crippen molar-refractivity contribution in [1.82, 2.24) is 4.72 Å². The van der Waals surface area contributed by atoms with Crippen molar-refractivity contribution in [2.45, 2.75) is 56.7 Å². The number of rotatable bonds is 5. The van der Waals surface area contributed by atoms with Gasteiger partial charge < -0.3 is 9.66 Å². The Hall–Kier alpha value is -0.540. The Balaban J connectivity index is 3.32. The van der Waals surface area contributed by atoms with E-state index in [-0.39, 0.29) is 10.6 Å². The molecule has 9 heteroatoms. The summed E-state index contributed by atoms with van der Waals surface area (Å²) < 4.78 is 66.8. The molecule has 0 aromatic heterocycles. The first-order chi connectivity index (χ1) is 10.7. The number of nitrogens with one attached hydrogen (secondary N) is 1. The fraction of sp³-hybridized carbons (Fsp3) is 0.600. The quantitative estimate of drug-likeness (QED) is 0.590. The summed E-state index contributed by atoms with van der Waals surface area (Å²) in [5, 5.41) is 9.16. The monoisotopic (exact) mass is 389 g/mol. The first kappa shape index (κ1) is 21.5. The maximum absolute atomic E-state index is 14.4. The maximum atomic E-state index is 14.4. The van der Waals surface area contributed by atoms with E-state index in [0.717, 1.165) is 0 Å². The number of aliphatic hydroxyl groups excluding tert-OH is 1. The molecule has 1 aromatic rings. The van der Waals surface area contributed by atoms with Gasteiger partial charge in [-0.3, -0.25) is 0 Å². The Bertz CT molecular complexity index is 556. The van der Waals surface area contributed by atoms with E-state index in [1.807, 2.05) is 0 Å². The van der Waals surface area contributed by atoms with Crippen molar-refractivity contribution in [3.05, 3.63) is 34.6 Å². The Morgan fingerprint density at radius 2 is 1.79 bits per heavy atom. The predicted octanol–water partition coefficient (Wildman–Crippen LogP) is 4.06. The minimum Gasteiger partial charge on any atom is -0.598 e. The minimum absolute atomic E-state index is 0.198. The number of hydrogen-bond donors (Lipinski definition) is 2. The molecule has 0 bridgehead atoms. The van der Waals surface area contributed by atoms with E-state index >= 15 is 0 Å². The molecule has 0 heterocycles. The summed E-state index contributed by atoms with van der Waals surface area (Å²) in [6.07, 6.45) is -8.53. The van der Waals surface area contributed by atoms with Crippen molar-refractivity contribution < 1.29 is 27.2 Å². The Kier molecular flexibility index (Phi) is 6.60. The first-order valence-electron chi connectivity index (χ1n) is 7.07. The average molecular weight is 390 g/mol. The van der Waals surface area contributed by atoms with Crippen LogP contribution in [0.15, 0.2) is 18.2 Å². The van der Waals surface area contributed by atoms with E-state index in [9.17, 15) is 27.2 Å². The molecule has 0 aliphatic heterocycles. The molecule has 0 aliphatic carbocycles. The molecule has 3 nitrogen and oxygen atoms in total. The van der Waals surface area contributed by atoms with Crippen molar-refractivity contribution in [2.75, 3.05) is 0 Å². The van der Waals surface area contributed by atoms with Crippen molar-refractivity contribution in [3.8, 4) is 0 Å². The van der Waals surface area contributed by atoms with Gasteiger partial charge in [-0.25, -0.2) is 4.39 Å². The maximum Gasteiger partial charge on any atom is 0.414 e. The van der Waals surface area contributed by atoms with Crippen LogP contribution in [0.5, 0.6) is 0 Å². The predicted molar refractivity (Wildman–Crippen MR) is 86.5 cm³/mol. The molecular weight excluding hydrogens is 370 g/mol. The molecule has 0 saturated carbocycles. The van der Waals surface area contributed by atoms with E-state index in [1.165, 1.54) is 25.1 Å². The largest absolute Gasteiger partial charge is 0.598 e. The van der Waals surface area contributed by atoms with Gasteiger partial charge in [0.2, 0.25) is 0 Å². The zero-order valence-electron chi connectivity index (χ0n) is 13.7. The summed E-state index contributed by atoms with van der Waals surface area (Å²) in [5.74, 6) is -0.922. The van der Waals surface area contributed by atoms with Crippen LogP contribution in [0.25, 0.3) is 0 Å². The lowest BCUT2D eigenvalue weighted by Gasteiger charge is -2.37. The summed E-state index contributed by atoms with van der Waals surface area (Å²) >= 11 is 3.91. The number of benzene rings is 1. The second-order valence-corrected chi connectivity index (χ2v) is 9.05. The van der Waals surface area contributed by atoms with Gasteiger partial charge in [-0.1, -0.05) is 23.7 Å². The summed E-state index contributed by atoms with van der Waals surface area (Å²) in [7, 11) is 0. The van der Waals surface area contributed by atoms with Crippen molar-refractivity contribution in [3.63, 3.8) is 0 Å².